The standard InChI is InChI=1S/C21H22N6O/c1-12-5-3-4-6-16(12)27-20-18(22)17(19(23)24)15(11-26-20)13-7-9-14(10-8-13)21(28)25-2/h3-11H,22H2,1-2H3,(H3,23,24)(H,25,28)(H,26,27). The molecular weight excluding hydrogens is 352 g/mol. The van der Waals surface area contributed by atoms with Crippen molar-refractivity contribution in [1.82, 2.24) is 10.3 Å². The maximum absolute atomic E-state index is 11.7. The highest BCUT2D eigenvalue weighted by Crippen LogP contribution is 2.33. The first-order valence-electron chi connectivity index (χ1n) is 8.70. The van der Waals surface area contributed by atoms with E-state index in [0.29, 0.717) is 28.2 Å². The molecule has 3 rings (SSSR count). The van der Waals surface area contributed by atoms with Gasteiger partial charge in [-0.3, -0.25) is 10.2 Å². The van der Waals surface area contributed by atoms with Gasteiger partial charge in [0.25, 0.3) is 5.91 Å². The molecule has 0 spiro atoms. The number of hydrogen-bond acceptors (Lipinski definition) is 5. The van der Waals surface area contributed by atoms with Gasteiger partial charge in [0.15, 0.2) is 5.82 Å². The van der Waals surface area contributed by atoms with Crippen LogP contribution in [0.5, 0.6) is 0 Å². The molecule has 7 heteroatoms. The lowest BCUT2D eigenvalue weighted by atomic mass is 9.98. The lowest BCUT2D eigenvalue weighted by Crippen LogP contribution is -2.18. The van der Waals surface area contributed by atoms with Crippen molar-refractivity contribution >= 4 is 28.9 Å². The molecule has 0 aliphatic heterocycles. The van der Waals surface area contributed by atoms with E-state index in [1.165, 1.54) is 0 Å². The zero-order valence-corrected chi connectivity index (χ0v) is 15.7. The van der Waals surface area contributed by atoms with E-state index in [4.69, 9.17) is 16.9 Å². The minimum absolute atomic E-state index is 0.155. The topological polar surface area (TPSA) is 130 Å². The smallest absolute Gasteiger partial charge is 0.251 e. The third-order valence-corrected chi connectivity index (χ3v) is 4.47. The van der Waals surface area contributed by atoms with Gasteiger partial charge >= 0.3 is 0 Å². The van der Waals surface area contributed by atoms with Crippen LogP contribution in [0.3, 0.4) is 0 Å². The first-order chi connectivity index (χ1) is 13.4. The summed E-state index contributed by atoms with van der Waals surface area (Å²) in [4.78, 5) is 16.2. The number of benzene rings is 2. The predicted octanol–water partition coefficient (Wildman–Crippen LogP) is 3.03. The molecule has 7 N–H and O–H groups in total. The molecule has 142 valence electrons. The van der Waals surface area contributed by atoms with Crippen LogP contribution in [-0.4, -0.2) is 23.8 Å². The summed E-state index contributed by atoms with van der Waals surface area (Å²) in [7, 11) is 1.58. The van der Waals surface area contributed by atoms with Gasteiger partial charge in [0.1, 0.15) is 5.84 Å². The van der Waals surface area contributed by atoms with Crippen LogP contribution in [0.25, 0.3) is 11.1 Å². The second-order valence-electron chi connectivity index (χ2n) is 6.32. The normalized spacial score (nSPS) is 10.4. The number of amides is 1. The van der Waals surface area contributed by atoms with Crippen LogP contribution in [0.2, 0.25) is 0 Å². The summed E-state index contributed by atoms with van der Waals surface area (Å²) in [6.07, 6.45) is 1.63. The quantitative estimate of drug-likeness (QED) is 0.346. The molecule has 0 saturated heterocycles. The number of nitrogens with zero attached hydrogens (tertiary/aromatic N) is 1. The van der Waals surface area contributed by atoms with E-state index >= 15 is 0 Å². The Bertz CT molecular complexity index is 1040. The molecule has 3 aromatic rings. The second-order valence-corrected chi connectivity index (χ2v) is 6.32. The Morgan fingerprint density at radius 3 is 2.39 bits per heavy atom. The SMILES string of the molecule is CNC(=O)c1ccc(-c2cnc(Nc3ccccc3C)c(N)c2C(=N)N)cc1. The molecule has 2 aromatic carbocycles. The molecule has 0 aliphatic carbocycles. The molecule has 1 amide bonds. The fourth-order valence-electron chi connectivity index (χ4n) is 2.92. The number of hydrogen-bond donors (Lipinski definition) is 5. The largest absolute Gasteiger partial charge is 0.395 e. The monoisotopic (exact) mass is 374 g/mol. The number of anilines is 3. The van der Waals surface area contributed by atoms with Crippen molar-refractivity contribution in [2.45, 2.75) is 6.92 Å². The number of nitrogens with two attached hydrogens (primary N) is 2. The molecule has 0 fully saturated rings. The molecule has 0 bridgehead atoms. The lowest BCUT2D eigenvalue weighted by molar-refractivity contribution is 0.0963. The molecule has 1 heterocycles. The third kappa shape index (κ3) is 3.64. The average molecular weight is 374 g/mol. The Hall–Kier alpha value is -3.87. The molecular formula is C21H22N6O. The van der Waals surface area contributed by atoms with E-state index in [1.54, 1.807) is 37.5 Å². The predicted molar refractivity (Wildman–Crippen MR) is 113 cm³/mol. The summed E-state index contributed by atoms with van der Waals surface area (Å²) < 4.78 is 0. The van der Waals surface area contributed by atoms with Crippen molar-refractivity contribution in [3.63, 3.8) is 0 Å². The maximum atomic E-state index is 11.7. The van der Waals surface area contributed by atoms with Crippen molar-refractivity contribution in [2.24, 2.45) is 5.73 Å². The molecule has 0 aliphatic rings. The first kappa shape index (κ1) is 18.9. The number of aromatic nitrogens is 1. The number of carbonyl (C=O) groups excluding carboxylic acids is 1. The van der Waals surface area contributed by atoms with Gasteiger partial charge in [-0.05, 0) is 36.2 Å². The minimum Gasteiger partial charge on any atom is -0.395 e. The Labute approximate surface area is 163 Å². The van der Waals surface area contributed by atoms with E-state index < -0.39 is 0 Å². The highest BCUT2D eigenvalue weighted by atomic mass is 16.1. The highest BCUT2D eigenvalue weighted by Gasteiger charge is 2.17. The van der Waals surface area contributed by atoms with Crippen molar-refractivity contribution in [1.29, 1.82) is 5.41 Å². The van der Waals surface area contributed by atoms with Crippen LogP contribution in [0.4, 0.5) is 17.2 Å². The van der Waals surface area contributed by atoms with Crippen LogP contribution in [-0.2, 0) is 0 Å². The molecule has 0 atom stereocenters. The highest BCUT2D eigenvalue weighted by molar-refractivity contribution is 6.08. The average Bonchev–Trinajstić information content (AvgIpc) is 2.70. The van der Waals surface area contributed by atoms with E-state index in [2.05, 4.69) is 15.6 Å². The van der Waals surface area contributed by atoms with E-state index in [9.17, 15) is 4.79 Å². The third-order valence-electron chi connectivity index (χ3n) is 4.47. The summed E-state index contributed by atoms with van der Waals surface area (Å²) >= 11 is 0. The summed E-state index contributed by atoms with van der Waals surface area (Å²) in [6.45, 7) is 1.98. The van der Waals surface area contributed by atoms with Crippen molar-refractivity contribution < 1.29 is 4.79 Å². The van der Waals surface area contributed by atoms with Gasteiger partial charge < -0.3 is 22.1 Å². The number of nitrogen functional groups attached to an aromatic ring is 2. The zero-order chi connectivity index (χ0) is 20.3. The van der Waals surface area contributed by atoms with Crippen LogP contribution in [0, 0.1) is 12.3 Å². The van der Waals surface area contributed by atoms with Gasteiger partial charge in [-0.15, -0.1) is 0 Å². The van der Waals surface area contributed by atoms with Gasteiger partial charge in [-0.2, -0.15) is 0 Å². The fourth-order valence-corrected chi connectivity index (χ4v) is 2.92. The summed E-state index contributed by atoms with van der Waals surface area (Å²) in [5, 5.41) is 13.8. The van der Waals surface area contributed by atoms with Crippen LogP contribution >= 0.6 is 0 Å². The van der Waals surface area contributed by atoms with Gasteiger partial charge in [0.05, 0.1) is 11.3 Å². The molecule has 28 heavy (non-hydrogen) atoms. The summed E-state index contributed by atoms with van der Waals surface area (Å²) in [6, 6.07) is 14.7. The molecule has 0 saturated carbocycles. The van der Waals surface area contributed by atoms with Crippen LogP contribution in [0.1, 0.15) is 21.5 Å². The number of para-hydroxylation sites is 1. The number of nitrogens with one attached hydrogen (secondary N) is 3. The fraction of sp³-hybridized carbons (Fsp3) is 0.0952. The Morgan fingerprint density at radius 1 is 1.11 bits per heavy atom. The van der Waals surface area contributed by atoms with Gasteiger partial charge in [-0.25, -0.2) is 4.98 Å². The number of carbonyl (C=O) groups is 1. The number of amidine groups is 1. The minimum atomic E-state index is -0.172. The van der Waals surface area contributed by atoms with E-state index in [0.717, 1.165) is 16.8 Å². The van der Waals surface area contributed by atoms with Gasteiger partial charge in [0, 0.05) is 30.1 Å². The van der Waals surface area contributed by atoms with Gasteiger partial charge in [-0.1, -0.05) is 30.3 Å². The molecule has 0 unspecified atom stereocenters. The lowest BCUT2D eigenvalue weighted by Gasteiger charge is -2.16. The Kier molecular flexibility index (Phi) is 5.26. The summed E-state index contributed by atoms with van der Waals surface area (Å²) in [5.41, 5.74) is 16.7. The molecule has 7 nitrogen and oxygen atoms in total. The van der Waals surface area contributed by atoms with Crippen molar-refractivity contribution in [3.8, 4) is 11.1 Å². The summed E-state index contributed by atoms with van der Waals surface area (Å²) in [5.74, 6) is 0.108. The number of pyridine rings is 1. The van der Waals surface area contributed by atoms with Crippen LogP contribution in [0.15, 0.2) is 54.7 Å². The van der Waals surface area contributed by atoms with E-state index in [-0.39, 0.29) is 11.7 Å². The van der Waals surface area contributed by atoms with Crippen molar-refractivity contribution in [3.05, 3.63) is 71.4 Å². The number of aryl methyl sites for hydroxylation is 1. The van der Waals surface area contributed by atoms with Crippen molar-refractivity contribution in [2.75, 3.05) is 18.1 Å². The molecule has 1 aromatic heterocycles. The number of rotatable bonds is 5. The maximum Gasteiger partial charge on any atom is 0.251 e. The Balaban J connectivity index is 2.04. The Morgan fingerprint density at radius 2 is 1.79 bits per heavy atom. The van der Waals surface area contributed by atoms with Gasteiger partial charge in [0.2, 0.25) is 0 Å². The van der Waals surface area contributed by atoms with Crippen LogP contribution < -0.4 is 22.1 Å². The second kappa shape index (κ2) is 7.79. The zero-order valence-electron chi connectivity index (χ0n) is 15.7. The first-order valence-corrected chi connectivity index (χ1v) is 8.70. The molecule has 0 radical (unpaired) electrons. The van der Waals surface area contributed by atoms with E-state index in [1.807, 2.05) is 31.2 Å².